The number of nitrogens with zero attached hydrogens (tertiary/aromatic N) is 3. The van der Waals surface area contributed by atoms with Crippen LogP contribution >= 0.6 is 23.1 Å². The summed E-state index contributed by atoms with van der Waals surface area (Å²) in [4.78, 5) is 35.6. The standard InChI is InChI=1S/C16H19N3O3S2/c1-2-22-16(21)11-4-3-6-19(8-11)13(20)9-24-15-12-5-7-23-14(12)17-10-18-15/h5,7,10-11H,2-4,6,8-9H2,1H3/t11-/m1/s1. The van der Waals surface area contributed by atoms with E-state index in [0.717, 1.165) is 28.1 Å². The first-order valence-corrected chi connectivity index (χ1v) is 9.81. The van der Waals surface area contributed by atoms with Crippen molar-refractivity contribution in [3.8, 4) is 0 Å². The number of carbonyl (C=O) groups excluding carboxylic acids is 2. The molecule has 1 saturated heterocycles. The Kier molecular flexibility index (Phi) is 5.68. The molecule has 2 aromatic heterocycles. The number of aromatic nitrogens is 2. The van der Waals surface area contributed by atoms with Crippen LogP contribution in [0, 0.1) is 5.92 Å². The Morgan fingerprint density at radius 1 is 1.46 bits per heavy atom. The molecule has 2 aromatic rings. The molecule has 128 valence electrons. The monoisotopic (exact) mass is 365 g/mol. The maximum Gasteiger partial charge on any atom is 0.310 e. The number of hydrogen-bond donors (Lipinski definition) is 0. The molecule has 0 aliphatic carbocycles. The van der Waals surface area contributed by atoms with Crippen LogP contribution in [0.15, 0.2) is 22.8 Å². The predicted molar refractivity (Wildman–Crippen MR) is 94.1 cm³/mol. The molecule has 1 amide bonds. The van der Waals surface area contributed by atoms with Crippen molar-refractivity contribution < 1.29 is 14.3 Å². The highest BCUT2D eigenvalue weighted by molar-refractivity contribution is 8.00. The van der Waals surface area contributed by atoms with Crippen LogP contribution < -0.4 is 0 Å². The van der Waals surface area contributed by atoms with Gasteiger partial charge in [-0.3, -0.25) is 9.59 Å². The summed E-state index contributed by atoms with van der Waals surface area (Å²) >= 11 is 2.99. The molecule has 0 bridgehead atoms. The van der Waals surface area contributed by atoms with Crippen LogP contribution in [0.3, 0.4) is 0 Å². The van der Waals surface area contributed by atoms with Gasteiger partial charge in [-0.25, -0.2) is 9.97 Å². The normalized spacial score (nSPS) is 17.9. The highest BCUT2D eigenvalue weighted by atomic mass is 32.2. The van der Waals surface area contributed by atoms with E-state index in [1.54, 1.807) is 23.2 Å². The van der Waals surface area contributed by atoms with E-state index in [0.29, 0.717) is 25.4 Å². The van der Waals surface area contributed by atoms with Crippen molar-refractivity contribution in [1.82, 2.24) is 14.9 Å². The zero-order valence-electron chi connectivity index (χ0n) is 13.4. The first kappa shape index (κ1) is 17.2. The molecule has 6 nitrogen and oxygen atoms in total. The van der Waals surface area contributed by atoms with Crippen LogP contribution in [0.5, 0.6) is 0 Å². The van der Waals surface area contributed by atoms with Crippen molar-refractivity contribution in [3.63, 3.8) is 0 Å². The molecule has 0 spiro atoms. The third kappa shape index (κ3) is 3.87. The molecule has 0 aromatic carbocycles. The average Bonchev–Trinajstić information content (AvgIpc) is 3.09. The quantitative estimate of drug-likeness (QED) is 0.461. The van der Waals surface area contributed by atoms with Crippen LogP contribution in [0.25, 0.3) is 10.2 Å². The number of esters is 1. The summed E-state index contributed by atoms with van der Waals surface area (Å²) < 4.78 is 5.08. The summed E-state index contributed by atoms with van der Waals surface area (Å²) in [5.41, 5.74) is 0. The number of rotatable bonds is 5. The third-order valence-electron chi connectivity index (χ3n) is 3.95. The highest BCUT2D eigenvalue weighted by Crippen LogP contribution is 2.28. The van der Waals surface area contributed by atoms with Crippen LogP contribution in [-0.4, -0.2) is 52.2 Å². The van der Waals surface area contributed by atoms with Gasteiger partial charge in [0.15, 0.2) is 0 Å². The Balaban J connectivity index is 1.58. The maximum atomic E-state index is 12.5. The number of fused-ring (bicyclic) bond motifs is 1. The van der Waals surface area contributed by atoms with Gasteiger partial charge in [0.25, 0.3) is 0 Å². The number of likely N-dealkylation sites (tertiary alicyclic amines) is 1. The number of carbonyl (C=O) groups is 2. The molecule has 3 rings (SSSR count). The van der Waals surface area contributed by atoms with E-state index < -0.39 is 0 Å². The molecule has 3 heterocycles. The number of hydrogen-bond acceptors (Lipinski definition) is 7. The Hall–Kier alpha value is -1.67. The molecular weight excluding hydrogens is 346 g/mol. The summed E-state index contributed by atoms with van der Waals surface area (Å²) in [6.45, 7) is 3.33. The van der Waals surface area contributed by atoms with E-state index in [9.17, 15) is 9.59 Å². The maximum absolute atomic E-state index is 12.5. The van der Waals surface area contributed by atoms with Gasteiger partial charge >= 0.3 is 5.97 Å². The molecule has 1 aliphatic heterocycles. The number of ether oxygens (including phenoxy) is 1. The van der Waals surface area contributed by atoms with Gasteiger partial charge < -0.3 is 9.64 Å². The number of thiophene rings is 1. The largest absolute Gasteiger partial charge is 0.466 e. The number of amides is 1. The summed E-state index contributed by atoms with van der Waals surface area (Å²) in [5.74, 6) is -0.0398. The number of piperidine rings is 1. The predicted octanol–water partition coefficient (Wildman–Crippen LogP) is 2.59. The minimum Gasteiger partial charge on any atom is -0.466 e. The lowest BCUT2D eigenvalue weighted by molar-refractivity contribution is -0.151. The molecule has 0 saturated carbocycles. The van der Waals surface area contributed by atoms with Crippen molar-refractivity contribution in [1.29, 1.82) is 0 Å². The molecule has 0 radical (unpaired) electrons. The lowest BCUT2D eigenvalue weighted by atomic mass is 9.98. The van der Waals surface area contributed by atoms with Crippen molar-refractivity contribution in [3.05, 3.63) is 17.8 Å². The summed E-state index contributed by atoms with van der Waals surface area (Å²) in [6.07, 6.45) is 3.16. The smallest absolute Gasteiger partial charge is 0.310 e. The van der Waals surface area contributed by atoms with Crippen molar-refractivity contribution in [2.75, 3.05) is 25.4 Å². The zero-order chi connectivity index (χ0) is 16.9. The summed E-state index contributed by atoms with van der Waals surface area (Å²) in [6, 6.07) is 1.98. The zero-order valence-corrected chi connectivity index (χ0v) is 15.1. The lowest BCUT2D eigenvalue weighted by Gasteiger charge is -2.31. The molecule has 24 heavy (non-hydrogen) atoms. The Labute approximate surface area is 148 Å². The third-order valence-corrected chi connectivity index (χ3v) is 5.76. The lowest BCUT2D eigenvalue weighted by Crippen LogP contribution is -2.43. The van der Waals surface area contributed by atoms with Crippen molar-refractivity contribution in [2.24, 2.45) is 5.92 Å². The Morgan fingerprint density at radius 2 is 2.33 bits per heavy atom. The van der Waals surface area contributed by atoms with Gasteiger partial charge in [-0.2, -0.15) is 0 Å². The SMILES string of the molecule is CCOC(=O)[C@@H]1CCCN(C(=O)CSc2ncnc3sccc23)C1. The van der Waals surface area contributed by atoms with Gasteiger partial charge in [-0.15, -0.1) is 11.3 Å². The van der Waals surface area contributed by atoms with E-state index in [-0.39, 0.29) is 17.8 Å². The minimum absolute atomic E-state index is 0.0380. The van der Waals surface area contributed by atoms with Gasteiger partial charge in [-0.1, -0.05) is 11.8 Å². The minimum atomic E-state index is -0.199. The van der Waals surface area contributed by atoms with Crippen molar-refractivity contribution >= 4 is 45.2 Å². The molecule has 1 aliphatic rings. The Bertz CT molecular complexity index is 734. The second-order valence-electron chi connectivity index (χ2n) is 5.54. The first-order chi connectivity index (χ1) is 11.7. The topological polar surface area (TPSA) is 72.4 Å². The average molecular weight is 365 g/mol. The fourth-order valence-electron chi connectivity index (χ4n) is 2.76. The second-order valence-corrected chi connectivity index (χ2v) is 7.40. The summed E-state index contributed by atoms with van der Waals surface area (Å²) in [5, 5.41) is 3.79. The fourth-order valence-corrected chi connectivity index (χ4v) is 4.44. The second kappa shape index (κ2) is 7.94. The fraction of sp³-hybridized carbons (Fsp3) is 0.500. The first-order valence-electron chi connectivity index (χ1n) is 7.94. The van der Waals surface area contributed by atoms with Gasteiger partial charge in [0.1, 0.15) is 16.2 Å². The van der Waals surface area contributed by atoms with Gasteiger partial charge in [0.05, 0.1) is 18.3 Å². The number of thioether (sulfide) groups is 1. The summed E-state index contributed by atoms with van der Waals surface area (Å²) in [7, 11) is 0. The van der Waals surface area contributed by atoms with Gasteiger partial charge in [0.2, 0.25) is 5.91 Å². The molecule has 0 unspecified atom stereocenters. The van der Waals surface area contributed by atoms with Crippen molar-refractivity contribution in [2.45, 2.75) is 24.8 Å². The van der Waals surface area contributed by atoms with E-state index in [4.69, 9.17) is 4.74 Å². The molecule has 1 fully saturated rings. The van der Waals surface area contributed by atoms with Crippen LogP contribution in [-0.2, 0) is 14.3 Å². The van der Waals surface area contributed by atoms with Crippen LogP contribution in [0.1, 0.15) is 19.8 Å². The van der Waals surface area contributed by atoms with Crippen LogP contribution in [0.4, 0.5) is 0 Å². The molecule has 0 N–H and O–H groups in total. The molecule has 1 atom stereocenters. The van der Waals surface area contributed by atoms with E-state index >= 15 is 0 Å². The van der Waals surface area contributed by atoms with E-state index in [1.165, 1.54) is 18.1 Å². The molecular formula is C16H19N3O3S2. The van der Waals surface area contributed by atoms with Gasteiger partial charge in [0, 0.05) is 18.5 Å². The van der Waals surface area contributed by atoms with Crippen LogP contribution in [0.2, 0.25) is 0 Å². The highest BCUT2D eigenvalue weighted by Gasteiger charge is 2.29. The molecule has 8 heteroatoms. The van der Waals surface area contributed by atoms with E-state index in [1.807, 2.05) is 11.4 Å². The Morgan fingerprint density at radius 3 is 3.17 bits per heavy atom. The van der Waals surface area contributed by atoms with Gasteiger partial charge in [-0.05, 0) is 31.2 Å². The van der Waals surface area contributed by atoms with E-state index in [2.05, 4.69) is 9.97 Å².